The molecule has 0 aliphatic rings. The summed E-state index contributed by atoms with van der Waals surface area (Å²) in [6, 6.07) is 6.97. The monoisotopic (exact) mass is 277 g/mol. The molecule has 4 heteroatoms. The molecule has 3 nitrogen and oxygen atoms in total. The van der Waals surface area contributed by atoms with Gasteiger partial charge >= 0.3 is 0 Å². The fraction of sp³-hybridized carbons (Fsp3) is 0.533. The third kappa shape index (κ3) is 3.45. The maximum Gasteiger partial charge on any atom is 0.0625 e. The maximum absolute atomic E-state index is 4.64. The van der Waals surface area contributed by atoms with Gasteiger partial charge in [0.05, 0.1) is 11.4 Å². The standard InChI is InChI=1S/C15H23N3S/c1-4-12-11-15(18(5-2)17-12)14(16-3)9-8-13-7-6-10-19-13/h6-7,10-11,14,16H,4-5,8-9H2,1-3H3. The van der Waals surface area contributed by atoms with Gasteiger partial charge < -0.3 is 5.32 Å². The average Bonchev–Trinajstić information content (AvgIpc) is 3.08. The number of thiophene rings is 1. The molecular weight excluding hydrogens is 254 g/mol. The number of rotatable bonds is 7. The summed E-state index contributed by atoms with van der Waals surface area (Å²) in [5.41, 5.74) is 2.51. The summed E-state index contributed by atoms with van der Waals surface area (Å²) in [4.78, 5) is 1.46. The van der Waals surface area contributed by atoms with Gasteiger partial charge in [-0.1, -0.05) is 13.0 Å². The van der Waals surface area contributed by atoms with Crippen LogP contribution in [0.3, 0.4) is 0 Å². The van der Waals surface area contributed by atoms with Crippen LogP contribution in [0, 0.1) is 0 Å². The topological polar surface area (TPSA) is 29.9 Å². The number of nitrogens with one attached hydrogen (secondary N) is 1. The number of hydrogen-bond acceptors (Lipinski definition) is 3. The molecule has 1 atom stereocenters. The lowest BCUT2D eigenvalue weighted by molar-refractivity contribution is 0.489. The van der Waals surface area contributed by atoms with E-state index in [1.54, 1.807) is 0 Å². The van der Waals surface area contributed by atoms with Gasteiger partial charge in [-0.15, -0.1) is 11.3 Å². The second-order valence-electron chi connectivity index (χ2n) is 4.69. The van der Waals surface area contributed by atoms with Gasteiger partial charge in [0.2, 0.25) is 0 Å². The van der Waals surface area contributed by atoms with Crippen LogP contribution in [0.2, 0.25) is 0 Å². The van der Waals surface area contributed by atoms with Crippen LogP contribution in [-0.2, 0) is 19.4 Å². The van der Waals surface area contributed by atoms with E-state index in [-0.39, 0.29) is 0 Å². The lowest BCUT2D eigenvalue weighted by Gasteiger charge is -2.17. The van der Waals surface area contributed by atoms with Gasteiger partial charge in [0.15, 0.2) is 0 Å². The Morgan fingerprint density at radius 1 is 1.42 bits per heavy atom. The van der Waals surface area contributed by atoms with Crippen LogP contribution in [0.25, 0.3) is 0 Å². The SMILES string of the molecule is CCc1cc(C(CCc2cccs2)NC)n(CC)n1. The molecule has 0 amide bonds. The van der Waals surface area contributed by atoms with E-state index in [1.165, 1.54) is 16.3 Å². The van der Waals surface area contributed by atoms with Crippen molar-refractivity contribution in [3.05, 3.63) is 39.8 Å². The lowest BCUT2D eigenvalue weighted by atomic mass is 10.1. The summed E-state index contributed by atoms with van der Waals surface area (Å²) in [5, 5.41) is 10.2. The van der Waals surface area contributed by atoms with Gasteiger partial charge in [0.1, 0.15) is 0 Å². The third-order valence-electron chi connectivity index (χ3n) is 3.49. The summed E-state index contributed by atoms with van der Waals surface area (Å²) in [7, 11) is 2.04. The highest BCUT2D eigenvalue weighted by atomic mass is 32.1. The van der Waals surface area contributed by atoms with Crippen molar-refractivity contribution in [3.63, 3.8) is 0 Å². The molecule has 0 bridgehead atoms. The van der Waals surface area contributed by atoms with Crippen LogP contribution < -0.4 is 5.32 Å². The first-order valence-corrected chi connectivity index (χ1v) is 7.92. The molecule has 0 saturated carbocycles. The Labute approximate surface area is 119 Å². The van der Waals surface area contributed by atoms with E-state index in [1.807, 2.05) is 18.4 Å². The van der Waals surface area contributed by atoms with Gasteiger partial charge in [0, 0.05) is 17.5 Å². The van der Waals surface area contributed by atoms with Crippen LogP contribution in [0.4, 0.5) is 0 Å². The molecule has 0 aromatic carbocycles. The van der Waals surface area contributed by atoms with Crippen molar-refractivity contribution in [2.24, 2.45) is 0 Å². The highest BCUT2D eigenvalue weighted by Gasteiger charge is 2.16. The van der Waals surface area contributed by atoms with E-state index in [4.69, 9.17) is 0 Å². The molecule has 1 N–H and O–H groups in total. The Hall–Kier alpha value is -1.13. The highest BCUT2D eigenvalue weighted by Crippen LogP contribution is 2.22. The summed E-state index contributed by atoms with van der Waals surface area (Å²) >= 11 is 1.84. The molecule has 0 spiro atoms. The predicted octanol–water partition coefficient (Wildman–Crippen LogP) is 3.42. The number of nitrogens with zero attached hydrogens (tertiary/aromatic N) is 2. The lowest BCUT2D eigenvalue weighted by Crippen LogP contribution is -2.20. The van der Waals surface area contributed by atoms with Crippen molar-refractivity contribution in [2.75, 3.05) is 7.05 Å². The summed E-state index contributed by atoms with van der Waals surface area (Å²) in [5.74, 6) is 0. The Morgan fingerprint density at radius 3 is 2.84 bits per heavy atom. The van der Waals surface area contributed by atoms with Crippen molar-refractivity contribution < 1.29 is 0 Å². The minimum absolute atomic E-state index is 0.384. The van der Waals surface area contributed by atoms with Crippen molar-refractivity contribution in [1.29, 1.82) is 0 Å². The Morgan fingerprint density at radius 2 is 2.26 bits per heavy atom. The zero-order chi connectivity index (χ0) is 13.7. The Balaban J connectivity index is 2.09. The highest BCUT2D eigenvalue weighted by molar-refractivity contribution is 7.09. The van der Waals surface area contributed by atoms with E-state index >= 15 is 0 Å². The van der Waals surface area contributed by atoms with Crippen molar-refractivity contribution in [1.82, 2.24) is 15.1 Å². The second kappa shape index (κ2) is 6.87. The van der Waals surface area contributed by atoms with E-state index in [9.17, 15) is 0 Å². The maximum atomic E-state index is 4.64. The molecule has 0 fully saturated rings. The van der Waals surface area contributed by atoms with Crippen molar-refractivity contribution in [2.45, 2.75) is 45.7 Å². The van der Waals surface area contributed by atoms with Crippen molar-refractivity contribution in [3.8, 4) is 0 Å². The van der Waals surface area contributed by atoms with Crippen LogP contribution in [-0.4, -0.2) is 16.8 Å². The molecule has 104 valence electrons. The number of aromatic nitrogens is 2. The van der Waals surface area contributed by atoms with E-state index in [2.05, 4.69) is 52.5 Å². The zero-order valence-electron chi connectivity index (χ0n) is 12.0. The van der Waals surface area contributed by atoms with Gasteiger partial charge in [-0.2, -0.15) is 5.10 Å². The quantitative estimate of drug-likeness (QED) is 0.840. The summed E-state index contributed by atoms with van der Waals surface area (Å²) in [6.45, 7) is 5.25. The van der Waals surface area contributed by atoms with Crippen molar-refractivity contribution >= 4 is 11.3 Å². The first kappa shape index (κ1) is 14.3. The van der Waals surface area contributed by atoms with Crippen LogP contribution in [0.1, 0.15) is 42.6 Å². The molecule has 2 rings (SSSR count). The Kier molecular flexibility index (Phi) is 5.16. The van der Waals surface area contributed by atoms with E-state index in [0.717, 1.165) is 25.8 Å². The molecule has 2 aromatic heterocycles. The molecule has 1 unspecified atom stereocenters. The first-order chi connectivity index (χ1) is 9.28. The van der Waals surface area contributed by atoms with Gasteiger partial charge in [-0.05, 0) is 50.7 Å². The smallest absolute Gasteiger partial charge is 0.0625 e. The van der Waals surface area contributed by atoms with E-state index < -0.39 is 0 Å². The van der Waals surface area contributed by atoms with Crippen LogP contribution in [0.15, 0.2) is 23.6 Å². The third-order valence-corrected chi connectivity index (χ3v) is 4.42. The van der Waals surface area contributed by atoms with Crippen LogP contribution in [0.5, 0.6) is 0 Å². The Bertz CT molecular complexity index is 487. The molecule has 2 aromatic rings. The fourth-order valence-electron chi connectivity index (χ4n) is 2.37. The minimum Gasteiger partial charge on any atom is -0.312 e. The van der Waals surface area contributed by atoms with Gasteiger partial charge in [-0.25, -0.2) is 0 Å². The molecule has 0 aliphatic carbocycles. The summed E-state index contributed by atoms with van der Waals surface area (Å²) < 4.78 is 2.13. The zero-order valence-corrected chi connectivity index (χ0v) is 12.8. The van der Waals surface area contributed by atoms with Gasteiger partial charge in [0.25, 0.3) is 0 Å². The number of hydrogen-bond donors (Lipinski definition) is 1. The number of aryl methyl sites for hydroxylation is 3. The largest absolute Gasteiger partial charge is 0.312 e. The first-order valence-electron chi connectivity index (χ1n) is 7.04. The van der Waals surface area contributed by atoms with Crippen LogP contribution >= 0.6 is 11.3 Å². The molecule has 2 heterocycles. The molecule has 0 saturated heterocycles. The van der Waals surface area contributed by atoms with E-state index in [0.29, 0.717) is 6.04 Å². The fourth-order valence-corrected chi connectivity index (χ4v) is 3.10. The second-order valence-corrected chi connectivity index (χ2v) is 5.72. The van der Waals surface area contributed by atoms with Gasteiger partial charge in [-0.3, -0.25) is 4.68 Å². The predicted molar refractivity (Wildman–Crippen MR) is 81.7 cm³/mol. The average molecular weight is 277 g/mol. The molecule has 0 aliphatic heterocycles. The molecular formula is C15H23N3S. The summed E-state index contributed by atoms with van der Waals surface area (Å²) in [6.07, 6.45) is 3.24. The normalized spacial score (nSPS) is 12.8. The molecule has 0 radical (unpaired) electrons. The minimum atomic E-state index is 0.384. The molecule has 19 heavy (non-hydrogen) atoms.